The molecular weight excluding hydrogens is 210 g/mol. The fourth-order valence-electron chi connectivity index (χ4n) is 1.59. The number of nitrogens with one attached hydrogen (secondary N) is 1. The zero-order valence-corrected chi connectivity index (χ0v) is 11.3. The van der Waals surface area contributed by atoms with Crippen LogP contribution < -0.4 is 10.1 Å². The standard InChI is InChI=1S/C15H25NO/c1-4-6-11-16-12-14-9-7-8-10-15(14)17-13(3)5-2/h7-10,13,16H,4-6,11-12H2,1-3H3. The van der Waals surface area contributed by atoms with Crippen molar-refractivity contribution in [3.63, 3.8) is 0 Å². The molecule has 0 spiro atoms. The minimum absolute atomic E-state index is 0.284. The topological polar surface area (TPSA) is 21.3 Å². The quantitative estimate of drug-likeness (QED) is 0.693. The van der Waals surface area contributed by atoms with Crippen LogP contribution in [0.25, 0.3) is 0 Å². The molecule has 0 aromatic heterocycles. The van der Waals surface area contributed by atoms with E-state index in [9.17, 15) is 0 Å². The van der Waals surface area contributed by atoms with Gasteiger partial charge < -0.3 is 10.1 Å². The average Bonchev–Trinajstić information content (AvgIpc) is 2.36. The van der Waals surface area contributed by atoms with Gasteiger partial charge in [-0.25, -0.2) is 0 Å². The number of rotatable bonds is 8. The van der Waals surface area contributed by atoms with Crippen molar-refractivity contribution in [2.24, 2.45) is 0 Å². The molecule has 0 saturated carbocycles. The maximum absolute atomic E-state index is 5.91. The molecule has 0 saturated heterocycles. The number of hydrogen-bond donors (Lipinski definition) is 1. The van der Waals surface area contributed by atoms with Crippen LogP contribution >= 0.6 is 0 Å². The summed E-state index contributed by atoms with van der Waals surface area (Å²) in [5, 5.41) is 3.45. The van der Waals surface area contributed by atoms with Crippen molar-refractivity contribution < 1.29 is 4.74 Å². The van der Waals surface area contributed by atoms with E-state index in [1.165, 1.54) is 18.4 Å². The van der Waals surface area contributed by atoms with Gasteiger partial charge in [-0.2, -0.15) is 0 Å². The molecule has 1 aromatic carbocycles. The predicted molar refractivity (Wildman–Crippen MR) is 73.4 cm³/mol. The molecule has 0 heterocycles. The first kappa shape index (κ1) is 14.0. The van der Waals surface area contributed by atoms with Crippen LogP contribution in [0.1, 0.15) is 45.6 Å². The summed E-state index contributed by atoms with van der Waals surface area (Å²) in [4.78, 5) is 0. The van der Waals surface area contributed by atoms with E-state index in [2.05, 4.69) is 44.3 Å². The molecule has 1 atom stereocenters. The normalized spacial score (nSPS) is 12.4. The zero-order chi connectivity index (χ0) is 12.5. The molecule has 1 N–H and O–H groups in total. The Bertz CT molecular complexity index is 312. The minimum atomic E-state index is 0.284. The predicted octanol–water partition coefficient (Wildman–Crippen LogP) is 3.75. The maximum Gasteiger partial charge on any atom is 0.124 e. The lowest BCUT2D eigenvalue weighted by Gasteiger charge is -2.16. The third-order valence-corrected chi connectivity index (χ3v) is 2.90. The van der Waals surface area contributed by atoms with Crippen molar-refractivity contribution in [3.05, 3.63) is 29.8 Å². The zero-order valence-electron chi connectivity index (χ0n) is 11.3. The van der Waals surface area contributed by atoms with E-state index in [1.807, 2.05) is 6.07 Å². The van der Waals surface area contributed by atoms with E-state index in [4.69, 9.17) is 4.74 Å². The Morgan fingerprint density at radius 1 is 1.24 bits per heavy atom. The number of ether oxygens (including phenoxy) is 1. The van der Waals surface area contributed by atoms with Crippen molar-refractivity contribution in [2.45, 2.75) is 52.7 Å². The maximum atomic E-state index is 5.91. The van der Waals surface area contributed by atoms with Crippen LogP contribution in [0.2, 0.25) is 0 Å². The second kappa shape index (κ2) is 8.13. The van der Waals surface area contributed by atoms with Crippen molar-refractivity contribution in [3.8, 4) is 5.75 Å². The van der Waals surface area contributed by atoms with Crippen LogP contribution in [0, 0.1) is 0 Å². The van der Waals surface area contributed by atoms with Gasteiger partial charge in [-0.15, -0.1) is 0 Å². The van der Waals surface area contributed by atoms with Gasteiger partial charge in [-0.3, -0.25) is 0 Å². The van der Waals surface area contributed by atoms with Gasteiger partial charge in [-0.1, -0.05) is 38.5 Å². The summed E-state index contributed by atoms with van der Waals surface area (Å²) in [5.74, 6) is 1.02. The summed E-state index contributed by atoms with van der Waals surface area (Å²) in [6, 6.07) is 8.30. The summed E-state index contributed by atoms with van der Waals surface area (Å²) >= 11 is 0. The molecule has 1 unspecified atom stereocenters. The van der Waals surface area contributed by atoms with Gasteiger partial charge in [0, 0.05) is 12.1 Å². The Balaban J connectivity index is 2.51. The van der Waals surface area contributed by atoms with Crippen LogP contribution in [0.3, 0.4) is 0 Å². The first-order chi connectivity index (χ1) is 8.27. The third kappa shape index (κ3) is 5.22. The van der Waals surface area contributed by atoms with Gasteiger partial charge in [0.15, 0.2) is 0 Å². The largest absolute Gasteiger partial charge is 0.490 e. The number of hydrogen-bond acceptors (Lipinski definition) is 2. The molecule has 1 rings (SSSR count). The summed E-state index contributed by atoms with van der Waals surface area (Å²) in [5.41, 5.74) is 1.25. The Labute approximate surface area is 105 Å². The fraction of sp³-hybridized carbons (Fsp3) is 0.600. The molecule has 0 aliphatic heterocycles. The summed E-state index contributed by atoms with van der Waals surface area (Å²) < 4.78 is 5.91. The van der Waals surface area contributed by atoms with Crippen molar-refractivity contribution >= 4 is 0 Å². The lowest BCUT2D eigenvalue weighted by molar-refractivity contribution is 0.215. The molecular formula is C15H25NO. The molecule has 0 amide bonds. The number of benzene rings is 1. The van der Waals surface area contributed by atoms with E-state index >= 15 is 0 Å². The fourth-order valence-corrected chi connectivity index (χ4v) is 1.59. The molecule has 0 aliphatic rings. The average molecular weight is 235 g/mol. The van der Waals surface area contributed by atoms with Gasteiger partial charge in [0.2, 0.25) is 0 Å². The molecule has 0 aliphatic carbocycles. The molecule has 0 bridgehead atoms. The molecule has 96 valence electrons. The second-order valence-electron chi connectivity index (χ2n) is 4.47. The van der Waals surface area contributed by atoms with Crippen molar-refractivity contribution in [1.82, 2.24) is 5.32 Å². The Kier molecular flexibility index (Phi) is 6.71. The van der Waals surface area contributed by atoms with E-state index < -0.39 is 0 Å². The van der Waals surface area contributed by atoms with Crippen LogP contribution in [-0.2, 0) is 6.54 Å². The molecule has 1 aromatic rings. The molecule has 2 nitrogen and oxygen atoms in total. The highest BCUT2D eigenvalue weighted by Gasteiger charge is 2.05. The molecule has 2 heteroatoms. The van der Waals surface area contributed by atoms with Crippen LogP contribution in [0.5, 0.6) is 5.75 Å². The summed E-state index contributed by atoms with van der Waals surface area (Å²) in [7, 11) is 0. The lowest BCUT2D eigenvalue weighted by atomic mass is 10.2. The van der Waals surface area contributed by atoms with Crippen molar-refractivity contribution in [1.29, 1.82) is 0 Å². The van der Waals surface area contributed by atoms with Crippen molar-refractivity contribution in [2.75, 3.05) is 6.54 Å². The number of para-hydroxylation sites is 1. The van der Waals surface area contributed by atoms with Gasteiger partial charge in [0.1, 0.15) is 5.75 Å². The Morgan fingerprint density at radius 2 is 2.00 bits per heavy atom. The van der Waals surface area contributed by atoms with Crippen LogP contribution in [0.4, 0.5) is 0 Å². The first-order valence-electron chi connectivity index (χ1n) is 6.73. The molecule has 17 heavy (non-hydrogen) atoms. The molecule has 0 fully saturated rings. The Hall–Kier alpha value is -1.02. The van der Waals surface area contributed by atoms with Crippen LogP contribution in [-0.4, -0.2) is 12.6 Å². The smallest absolute Gasteiger partial charge is 0.124 e. The van der Waals surface area contributed by atoms with Gasteiger partial charge in [0.05, 0.1) is 6.10 Å². The van der Waals surface area contributed by atoms with Gasteiger partial charge in [-0.05, 0) is 32.4 Å². The first-order valence-corrected chi connectivity index (χ1v) is 6.73. The number of unbranched alkanes of at least 4 members (excludes halogenated alkanes) is 1. The SMILES string of the molecule is CCCCNCc1ccccc1OC(C)CC. The van der Waals surface area contributed by atoms with E-state index in [0.29, 0.717) is 0 Å². The Morgan fingerprint density at radius 3 is 2.71 bits per heavy atom. The highest BCUT2D eigenvalue weighted by Crippen LogP contribution is 2.19. The third-order valence-electron chi connectivity index (χ3n) is 2.90. The summed E-state index contributed by atoms with van der Waals surface area (Å²) in [6.45, 7) is 8.44. The highest BCUT2D eigenvalue weighted by molar-refractivity contribution is 5.33. The highest BCUT2D eigenvalue weighted by atomic mass is 16.5. The second-order valence-corrected chi connectivity index (χ2v) is 4.47. The van der Waals surface area contributed by atoms with Gasteiger partial charge in [0.25, 0.3) is 0 Å². The van der Waals surface area contributed by atoms with E-state index in [1.54, 1.807) is 0 Å². The summed E-state index contributed by atoms with van der Waals surface area (Å²) in [6.07, 6.45) is 3.79. The monoisotopic (exact) mass is 235 g/mol. The minimum Gasteiger partial charge on any atom is -0.490 e. The van der Waals surface area contributed by atoms with E-state index in [-0.39, 0.29) is 6.10 Å². The molecule has 0 radical (unpaired) electrons. The lowest BCUT2D eigenvalue weighted by Crippen LogP contribution is -2.17. The van der Waals surface area contributed by atoms with E-state index in [0.717, 1.165) is 25.3 Å². The van der Waals surface area contributed by atoms with Crippen LogP contribution in [0.15, 0.2) is 24.3 Å². The van der Waals surface area contributed by atoms with Gasteiger partial charge >= 0.3 is 0 Å².